The fraction of sp³-hybridized carbons (Fsp3) is 0.179. The molecule has 2 heterocycles. The molecule has 2 N–H and O–H groups in total. The zero-order valence-corrected chi connectivity index (χ0v) is 23.1. The number of rotatable bonds is 8. The average molecular weight is 567 g/mol. The first-order valence-corrected chi connectivity index (χ1v) is 14.3. The molecule has 0 atom stereocenters. The molecule has 0 fully saturated rings. The van der Waals surface area contributed by atoms with E-state index in [2.05, 4.69) is 10.6 Å². The number of halogens is 1. The third kappa shape index (κ3) is 5.73. The zero-order valence-electron chi connectivity index (χ0n) is 21.6. The van der Waals surface area contributed by atoms with Gasteiger partial charge < -0.3 is 25.0 Å². The van der Waals surface area contributed by atoms with E-state index in [1.165, 1.54) is 23.1 Å². The van der Waals surface area contributed by atoms with Crippen LogP contribution in [0.1, 0.15) is 11.1 Å². The van der Waals surface area contributed by atoms with E-state index in [1.54, 1.807) is 54.6 Å². The predicted octanol–water partition coefficient (Wildman–Crippen LogP) is 4.84. The average Bonchev–Trinajstić information content (AvgIpc) is 3.21. The number of likely N-dealkylation sites (N-methyl/N-ethyl adjacent to an activating group) is 1. The van der Waals surface area contributed by atoms with E-state index in [0.717, 1.165) is 0 Å². The molecular formula is C28H27ClN4O5S. The van der Waals surface area contributed by atoms with Crippen LogP contribution in [0.5, 0.6) is 11.5 Å². The van der Waals surface area contributed by atoms with Crippen molar-refractivity contribution in [2.45, 2.75) is 0 Å². The molecule has 0 bridgehead atoms. The summed E-state index contributed by atoms with van der Waals surface area (Å²) in [6.07, 6.45) is 4.08. The lowest BCUT2D eigenvalue weighted by molar-refractivity contribution is -0.110. The van der Waals surface area contributed by atoms with Crippen molar-refractivity contribution in [3.63, 3.8) is 0 Å². The van der Waals surface area contributed by atoms with Crippen molar-refractivity contribution in [3.05, 3.63) is 89.3 Å². The van der Waals surface area contributed by atoms with Crippen LogP contribution in [0.4, 0.5) is 17.1 Å². The highest BCUT2D eigenvalue weighted by Crippen LogP contribution is 2.41. The van der Waals surface area contributed by atoms with Gasteiger partial charge in [0.25, 0.3) is 5.91 Å². The third-order valence-electron chi connectivity index (χ3n) is 6.23. The van der Waals surface area contributed by atoms with Gasteiger partial charge >= 0.3 is 0 Å². The minimum atomic E-state index is -3.48. The summed E-state index contributed by atoms with van der Waals surface area (Å²) >= 11 is 6.17. The third-order valence-corrected chi connectivity index (χ3v) is 7.66. The number of nitrogens with zero attached hydrogens (tertiary/aromatic N) is 2. The van der Waals surface area contributed by atoms with Crippen LogP contribution in [0.2, 0.25) is 5.02 Å². The first-order valence-electron chi connectivity index (χ1n) is 12.1. The standard InChI is InChI=1S/C28H27ClN4O5S/c1-32(2)12-13-33(39(3,35)36)21-8-6-20(7-9-21)30-27(18-4-11-24-25(16-18)38-15-14-37-24)26-22-10-5-19(29)17-23(22)31-28(26)34/h4-11,14-17,30H,12-13H2,1-3H3,(H,31,34). The van der Waals surface area contributed by atoms with Gasteiger partial charge in [0.1, 0.15) is 12.5 Å². The maximum Gasteiger partial charge on any atom is 0.258 e. The SMILES string of the molecule is CN(C)CCN(c1ccc(NC(=C2C(=O)Nc3cc(Cl)ccc32)c2ccc3c(c2)OC=CO3)cc1)S(C)(=O)=O. The molecule has 0 saturated heterocycles. The molecule has 11 heteroatoms. The Morgan fingerprint density at radius 3 is 2.36 bits per heavy atom. The van der Waals surface area contributed by atoms with Gasteiger partial charge in [0.05, 0.1) is 28.9 Å². The van der Waals surface area contributed by atoms with Gasteiger partial charge in [-0.25, -0.2) is 8.42 Å². The quantitative estimate of drug-likeness (QED) is 0.376. The number of hydrogen-bond acceptors (Lipinski definition) is 7. The fourth-order valence-corrected chi connectivity index (χ4v) is 5.45. The molecule has 0 aromatic heterocycles. The Bertz CT molecular complexity index is 1600. The van der Waals surface area contributed by atoms with Gasteiger partial charge in [0.2, 0.25) is 10.0 Å². The molecule has 3 aromatic rings. The van der Waals surface area contributed by atoms with E-state index in [4.69, 9.17) is 21.1 Å². The van der Waals surface area contributed by atoms with E-state index >= 15 is 0 Å². The Balaban J connectivity index is 1.56. The summed E-state index contributed by atoms with van der Waals surface area (Å²) in [5.74, 6) is 0.773. The Hall–Kier alpha value is -3.99. The molecular weight excluding hydrogens is 540 g/mol. The lowest BCUT2D eigenvalue weighted by atomic mass is 9.99. The van der Waals surface area contributed by atoms with Gasteiger partial charge in [0, 0.05) is 34.9 Å². The van der Waals surface area contributed by atoms with Crippen molar-refractivity contribution in [3.8, 4) is 11.5 Å². The van der Waals surface area contributed by atoms with Gasteiger partial charge in [-0.1, -0.05) is 17.7 Å². The first kappa shape index (κ1) is 26.6. The minimum Gasteiger partial charge on any atom is -0.458 e. The number of sulfonamides is 1. The van der Waals surface area contributed by atoms with E-state index in [9.17, 15) is 13.2 Å². The number of anilines is 3. The number of carbonyl (C=O) groups excluding carboxylic acids is 1. The van der Waals surface area contributed by atoms with Crippen molar-refractivity contribution >= 4 is 55.9 Å². The lowest BCUT2D eigenvalue weighted by Crippen LogP contribution is -2.35. The van der Waals surface area contributed by atoms with Gasteiger partial charge in [0.15, 0.2) is 11.5 Å². The summed E-state index contributed by atoms with van der Waals surface area (Å²) in [4.78, 5) is 15.1. The summed E-state index contributed by atoms with van der Waals surface area (Å²) in [5.41, 5.74) is 4.17. The molecule has 0 saturated carbocycles. The molecule has 5 rings (SSSR count). The fourth-order valence-electron chi connectivity index (χ4n) is 4.36. The topological polar surface area (TPSA) is 100 Å². The van der Waals surface area contributed by atoms with E-state index < -0.39 is 10.0 Å². The second-order valence-electron chi connectivity index (χ2n) is 9.37. The van der Waals surface area contributed by atoms with E-state index in [0.29, 0.717) is 69.1 Å². The number of benzene rings is 3. The van der Waals surface area contributed by atoms with Crippen molar-refractivity contribution < 1.29 is 22.7 Å². The second kappa shape index (κ2) is 10.6. The van der Waals surface area contributed by atoms with Crippen LogP contribution < -0.4 is 24.4 Å². The van der Waals surface area contributed by atoms with Crippen molar-refractivity contribution in [2.24, 2.45) is 0 Å². The Morgan fingerprint density at radius 1 is 0.949 bits per heavy atom. The predicted molar refractivity (Wildman–Crippen MR) is 155 cm³/mol. The largest absolute Gasteiger partial charge is 0.458 e. The highest BCUT2D eigenvalue weighted by Gasteiger charge is 2.29. The van der Waals surface area contributed by atoms with Crippen LogP contribution in [-0.2, 0) is 14.8 Å². The lowest BCUT2D eigenvalue weighted by Gasteiger charge is -2.24. The van der Waals surface area contributed by atoms with E-state index in [1.807, 2.05) is 25.1 Å². The van der Waals surface area contributed by atoms with Gasteiger partial charge in [-0.3, -0.25) is 9.10 Å². The molecule has 2 aliphatic heterocycles. The molecule has 9 nitrogen and oxygen atoms in total. The molecule has 202 valence electrons. The monoisotopic (exact) mass is 566 g/mol. The zero-order chi connectivity index (χ0) is 27.7. The van der Waals surface area contributed by atoms with Gasteiger partial charge in [-0.2, -0.15) is 0 Å². The summed E-state index contributed by atoms with van der Waals surface area (Å²) in [5, 5.41) is 6.78. The highest BCUT2D eigenvalue weighted by molar-refractivity contribution is 7.92. The van der Waals surface area contributed by atoms with Crippen LogP contribution in [0.15, 0.2) is 73.2 Å². The summed E-state index contributed by atoms with van der Waals surface area (Å²) in [7, 11) is 0.305. The molecule has 3 aromatic carbocycles. The van der Waals surface area contributed by atoms with E-state index in [-0.39, 0.29) is 5.91 Å². The van der Waals surface area contributed by atoms with Crippen LogP contribution in [0, 0.1) is 0 Å². The van der Waals surface area contributed by atoms with Crippen LogP contribution >= 0.6 is 11.6 Å². The van der Waals surface area contributed by atoms with Gasteiger partial charge in [-0.15, -0.1) is 0 Å². The van der Waals surface area contributed by atoms with Crippen molar-refractivity contribution in [2.75, 3.05) is 48.4 Å². The second-order valence-corrected chi connectivity index (χ2v) is 11.7. The highest BCUT2D eigenvalue weighted by atomic mass is 35.5. The van der Waals surface area contributed by atoms with Crippen molar-refractivity contribution in [1.82, 2.24) is 4.90 Å². The number of fused-ring (bicyclic) bond motifs is 2. The summed E-state index contributed by atoms with van der Waals surface area (Å²) < 4.78 is 37.4. The van der Waals surface area contributed by atoms with Crippen LogP contribution in [0.3, 0.4) is 0 Å². The molecule has 0 unspecified atom stereocenters. The molecule has 2 aliphatic rings. The Labute approximate surface area is 232 Å². The molecule has 1 amide bonds. The molecule has 0 aliphatic carbocycles. The van der Waals surface area contributed by atoms with Crippen molar-refractivity contribution in [1.29, 1.82) is 0 Å². The first-order chi connectivity index (χ1) is 18.6. The smallest absolute Gasteiger partial charge is 0.258 e. The summed E-state index contributed by atoms with van der Waals surface area (Å²) in [6, 6.07) is 17.6. The number of amides is 1. The van der Waals surface area contributed by atoms with Crippen LogP contribution in [0.25, 0.3) is 11.3 Å². The van der Waals surface area contributed by atoms with Crippen LogP contribution in [-0.4, -0.2) is 52.7 Å². The minimum absolute atomic E-state index is 0.284. The number of carbonyl (C=O) groups is 1. The molecule has 39 heavy (non-hydrogen) atoms. The number of nitrogens with one attached hydrogen (secondary N) is 2. The normalized spacial score (nSPS) is 15.2. The summed E-state index contributed by atoms with van der Waals surface area (Å²) in [6.45, 7) is 0.889. The number of ether oxygens (including phenoxy) is 2. The van der Waals surface area contributed by atoms with Gasteiger partial charge in [-0.05, 0) is 68.7 Å². The maximum absolute atomic E-state index is 13.2. The Kier molecular flexibility index (Phi) is 7.26. The Morgan fingerprint density at radius 2 is 1.67 bits per heavy atom. The number of hydrogen-bond donors (Lipinski definition) is 2. The maximum atomic E-state index is 13.2. The molecule has 0 spiro atoms. The molecule has 0 radical (unpaired) electrons.